The Labute approximate surface area is 39.6 Å². The molecule has 0 aliphatic rings. The van der Waals surface area contributed by atoms with E-state index in [9.17, 15) is 0 Å². The molecule has 0 heterocycles. The average Bonchev–Trinajstić information content (AvgIpc) is 0.811. The maximum Gasteiger partial charge on any atom is 1.00 e. The number of carboxylic acid groups (broad SMARTS) is 1. The first-order valence-electron chi connectivity index (χ1n) is 0.697. The molecule has 0 unspecified atom stereocenters. The van der Waals surface area contributed by atoms with Gasteiger partial charge in [-0.05, 0) is 0 Å². The van der Waals surface area contributed by atoms with E-state index < -0.39 is 6.09 Å². The summed E-state index contributed by atoms with van der Waals surface area (Å²) in [5.74, 6) is 0. The van der Waals surface area contributed by atoms with Gasteiger partial charge in [0.25, 0.3) is 0 Å². The van der Waals surface area contributed by atoms with Gasteiger partial charge in [-0.15, -0.1) is 0 Å². The van der Waals surface area contributed by atoms with Crippen LogP contribution in [0.3, 0.4) is 0 Å². The van der Waals surface area contributed by atoms with Crippen LogP contribution < -0.4 is 10.8 Å². The van der Waals surface area contributed by atoms with Crippen molar-refractivity contribution in [2.75, 3.05) is 0 Å². The van der Waals surface area contributed by atoms with E-state index in [0.717, 1.165) is 0 Å². The van der Waals surface area contributed by atoms with Crippen molar-refractivity contribution < 1.29 is 27.0 Å². The zero-order valence-corrected chi connectivity index (χ0v) is 3.14. The zero-order chi connectivity index (χ0) is 3.58. The van der Waals surface area contributed by atoms with E-state index in [-0.39, 0.29) is 17.1 Å². The van der Waals surface area contributed by atoms with E-state index in [0.29, 0.717) is 0 Å². The smallest absolute Gasteiger partial charge is 0.530 e. The Bertz CT molecular complexity index is 32.6. The van der Waals surface area contributed by atoms with Gasteiger partial charge in [-0.2, -0.15) is 0 Å². The Morgan fingerprint density at radius 1 is 1.80 bits per heavy atom. The maximum absolute atomic E-state index is 8.67. The number of primary amides is 1. The molecule has 0 aromatic carbocycles. The van der Waals surface area contributed by atoms with Gasteiger partial charge in [0.2, 0.25) is 0 Å². The number of amides is 1. The molecule has 0 saturated carbocycles. The molecule has 0 aromatic rings. The minimum absolute atomic E-state index is 0. The number of rotatable bonds is 0. The Hall–Kier alpha value is -0.211. The molecular formula is CH2CuNO2. The Morgan fingerprint density at radius 2 is 1.80 bits per heavy atom. The quantitative estimate of drug-likeness (QED) is 0.390. The van der Waals surface area contributed by atoms with Crippen molar-refractivity contribution in [2.45, 2.75) is 0 Å². The Balaban J connectivity index is 0. The van der Waals surface area contributed by atoms with Crippen molar-refractivity contribution in [3.63, 3.8) is 0 Å². The van der Waals surface area contributed by atoms with E-state index in [1.165, 1.54) is 0 Å². The van der Waals surface area contributed by atoms with Gasteiger partial charge in [-0.25, -0.2) is 0 Å². The van der Waals surface area contributed by atoms with Gasteiger partial charge in [0, 0.05) is 0 Å². The molecular weight excluding hydrogens is 122 g/mol. The van der Waals surface area contributed by atoms with E-state index in [1.54, 1.807) is 0 Å². The van der Waals surface area contributed by atoms with Crippen LogP contribution in [0, 0.1) is 0 Å². The van der Waals surface area contributed by atoms with Crippen LogP contribution in [0.5, 0.6) is 0 Å². The first-order valence-corrected chi connectivity index (χ1v) is 0.697. The van der Waals surface area contributed by atoms with Crippen molar-refractivity contribution >= 4 is 6.09 Å². The van der Waals surface area contributed by atoms with Crippen molar-refractivity contribution in [3.8, 4) is 0 Å². The monoisotopic (exact) mass is 123 g/mol. The summed E-state index contributed by atoms with van der Waals surface area (Å²) in [5.41, 5.74) is 3.92. The average molecular weight is 124 g/mol. The number of nitrogens with two attached hydrogens (primary N) is 1. The van der Waals surface area contributed by atoms with Crippen LogP contribution in [0.4, 0.5) is 4.79 Å². The number of carbonyl (C=O) groups is 1. The van der Waals surface area contributed by atoms with Gasteiger partial charge in [0.05, 0.1) is 0 Å². The number of hydrogen-bond acceptors (Lipinski definition) is 2. The predicted octanol–water partition coefficient (Wildman–Crippen LogP) is -1.71. The molecule has 0 aliphatic carbocycles. The molecule has 4 heteroatoms. The van der Waals surface area contributed by atoms with Crippen molar-refractivity contribution in [2.24, 2.45) is 5.73 Å². The Kier molecular flexibility index (Phi) is 6.70. The SMILES string of the molecule is NC(=O)[O-].[Cu+]. The van der Waals surface area contributed by atoms with Gasteiger partial charge >= 0.3 is 17.1 Å². The van der Waals surface area contributed by atoms with Crippen LogP contribution in [0.1, 0.15) is 0 Å². The molecule has 0 atom stereocenters. The summed E-state index contributed by atoms with van der Waals surface area (Å²) in [4.78, 5) is 8.67. The van der Waals surface area contributed by atoms with Crippen molar-refractivity contribution in [3.05, 3.63) is 0 Å². The first-order chi connectivity index (χ1) is 1.73. The van der Waals surface area contributed by atoms with E-state index in [2.05, 4.69) is 5.73 Å². The fourth-order valence-electron chi connectivity index (χ4n) is 0. The first kappa shape index (κ1) is 8.84. The molecule has 3 nitrogen and oxygen atoms in total. The minimum Gasteiger partial charge on any atom is -0.530 e. The zero-order valence-electron chi connectivity index (χ0n) is 2.20. The van der Waals surface area contributed by atoms with Gasteiger partial charge < -0.3 is 15.6 Å². The third kappa shape index (κ3) is 274. The molecule has 0 radical (unpaired) electrons. The standard InChI is InChI=1S/CH3NO2.Cu/c2-1(3)4;/h2H2,(H,3,4);/q;+1/p-1. The fraction of sp³-hybridized carbons (Fsp3) is 0. The second-order valence-electron chi connectivity index (χ2n) is 0.319. The van der Waals surface area contributed by atoms with Crippen LogP contribution in [-0.4, -0.2) is 6.09 Å². The van der Waals surface area contributed by atoms with Gasteiger partial charge in [-0.1, -0.05) is 0 Å². The minimum atomic E-state index is -1.58. The summed E-state index contributed by atoms with van der Waals surface area (Å²) < 4.78 is 0. The summed E-state index contributed by atoms with van der Waals surface area (Å²) in [7, 11) is 0. The van der Waals surface area contributed by atoms with Crippen LogP contribution >= 0.6 is 0 Å². The summed E-state index contributed by atoms with van der Waals surface area (Å²) in [5, 5.41) is 8.67. The summed E-state index contributed by atoms with van der Waals surface area (Å²) in [6.07, 6.45) is -1.58. The normalized spacial score (nSPS) is 4.80. The summed E-state index contributed by atoms with van der Waals surface area (Å²) >= 11 is 0. The topological polar surface area (TPSA) is 66.2 Å². The molecule has 0 bridgehead atoms. The van der Waals surface area contributed by atoms with Crippen molar-refractivity contribution in [1.29, 1.82) is 0 Å². The maximum atomic E-state index is 8.67. The molecule has 0 fully saturated rings. The molecule has 0 aliphatic heterocycles. The third-order valence-electron chi connectivity index (χ3n) is 0. The predicted molar refractivity (Wildman–Crippen MR) is 9.58 cm³/mol. The second-order valence-corrected chi connectivity index (χ2v) is 0.319. The molecule has 0 saturated heterocycles. The molecule has 1 amide bonds. The van der Waals surface area contributed by atoms with Crippen LogP contribution in [0.25, 0.3) is 0 Å². The largest absolute Gasteiger partial charge is 1.00 e. The van der Waals surface area contributed by atoms with Gasteiger partial charge in [0.15, 0.2) is 0 Å². The molecule has 0 spiro atoms. The van der Waals surface area contributed by atoms with E-state index in [1.807, 2.05) is 0 Å². The number of carbonyl (C=O) groups excluding carboxylic acids is 1. The molecule has 0 aromatic heterocycles. The molecule has 0 rings (SSSR count). The van der Waals surface area contributed by atoms with Gasteiger partial charge in [0.1, 0.15) is 6.09 Å². The Morgan fingerprint density at radius 3 is 1.80 bits per heavy atom. The van der Waals surface area contributed by atoms with E-state index >= 15 is 0 Å². The third-order valence-corrected chi connectivity index (χ3v) is 0. The fourth-order valence-corrected chi connectivity index (χ4v) is 0. The van der Waals surface area contributed by atoms with Gasteiger partial charge in [-0.3, -0.25) is 0 Å². The molecule has 5 heavy (non-hydrogen) atoms. The van der Waals surface area contributed by atoms with E-state index in [4.69, 9.17) is 9.90 Å². The van der Waals surface area contributed by atoms with Crippen LogP contribution in [0.2, 0.25) is 0 Å². The number of hydrogen-bond donors (Lipinski definition) is 1. The van der Waals surface area contributed by atoms with Crippen molar-refractivity contribution in [1.82, 2.24) is 0 Å². The van der Waals surface area contributed by atoms with Crippen LogP contribution in [0.15, 0.2) is 0 Å². The van der Waals surface area contributed by atoms with Crippen LogP contribution in [-0.2, 0) is 17.1 Å². The molecule has 2 N–H and O–H groups in total. The summed E-state index contributed by atoms with van der Waals surface area (Å²) in [6.45, 7) is 0. The second kappa shape index (κ2) is 3.79. The molecule has 34 valence electrons. The summed E-state index contributed by atoms with van der Waals surface area (Å²) in [6, 6.07) is 0.